The number of ether oxygens (including phenoxy) is 1. The summed E-state index contributed by atoms with van der Waals surface area (Å²) in [6, 6.07) is 6.39. The molecule has 1 aromatic rings. The highest BCUT2D eigenvalue weighted by molar-refractivity contribution is 5.61. The van der Waals surface area contributed by atoms with Crippen LogP contribution in [0.2, 0.25) is 0 Å². The molecule has 0 aliphatic heterocycles. The molecule has 1 N–H and O–H groups in total. The third-order valence-corrected chi connectivity index (χ3v) is 2.45. The van der Waals surface area contributed by atoms with E-state index in [4.69, 9.17) is 4.74 Å². The normalized spacial score (nSPS) is 10.2. The Kier molecular flexibility index (Phi) is 5.06. The van der Waals surface area contributed by atoms with Gasteiger partial charge in [0, 0.05) is 12.1 Å². The van der Waals surface area contributed by atoms with Gasteiger partial charge in [0.1, 0.15) is 5.76 Å². The lowest BCUT2D eigenvalue weighted by Crippen LogP contribution is -2.13. The van der Waals surface area contributed by atoms with E-state index >= 15 is 0 Å². The van der Waals surface area contributed by atoms with Crippen molar-refractivity contribution in [2.45, 2.75) is 27.3 Å². The van der Waals surface area contributed by atoms with Gasteiger partial charge in [-0.1, -0.05) is 31.2 Å². The third-order valence-electron chi connectivity index (χ3n) is 2.45. The van der Waals surface area contributed by atoms with Crippen molar-refractivity contribution in [2.24, 2.45) is 0 Å². The predicted octanol–water partition coefficient (Wildman–Crippen LogP) is 3.11. The molecule has 0 saturated carbocycles. The topological polar surface area (TPSA) is 21.3 Å². The summed E-state index contributed by atoms with van der Waals surface area (Å²) in [4.78, 5) is 0. The maximum Gasteiger partial charge on any atom is 0.119 e. The summed E-state index contributed by atoms with van der Waals surface area (Å²) in [6.07, 6.45) is 0. The van der Waals surface area contributed by atoms with Crippen molar-refractivity contribution in [3.8, 4) is 0 Å². The minimum absolute atomic E-state index is 0.660. The molecule has 2 heteroatoms. The van der Waals surface area contributed by atoms with E-state index in [1.807, 2.05) is 6.92 Å². The molecule has 0 atom stereocenters. The Bertz CT molecular complexity index is 358. The summed E-state index contributed by atoms with van der Waals surface area (Å²) in [7, 11) is 0. The highest BCUT2D eigenvalue weighted by atomic mass is 16.5. The van der Waals surface area contributed by atoms with Crippen molar-refractivity contribution in [3.05, 3.63) is 41.5 Å². The summed E-state index contributed by atoms with van der Waals surface area (Å²) in [5, 5.41) is 3.32. The zero-order valence-corrected chi connectivity index (χ0v) is 10.5. The molecule has 0 radical (unpaired) electrons. The average molecular weight is 219 g/mol. The molecule has 0 aliphatic rings. The van der Waals surface area contributed by atoms with Crippen LogP contribution < -0.4 is 5.32 Å². The van der Waals surface area contributed by atoms with Crippen LogP contribution in [0.15, 0.2) is 24.8 Å². The van der Waals surface area contributed by atoms with Gasteiger partial charge in [-0.2, -0.15) is 0 Å². The van der Waals surface area contributed by atoms with E-state index in [0.717, 1.165) is 24.4 Å². The molecule has 0 fully saturated rings. The van der Waals surface area contributed by atoms with Gasteiger partial charge in [0.25, 0.3) is 0 Å². The first-order chi connectivity index (χ1) is 7.69. The SMILES string of the molecule is C=C(OCC)c1cc(C)ccc1CNCC. The number of hydrogen-bond acceptors (Lipinski definition) is 2. The molecular weight excluding hydrogens is 198 g/mol. The van der Waals surface area contributed by atoms with Crippen LogP contribution in [0.1, 0.15) is 30.5 Å². The van der Waals surface area contributed by atoms with Gasteiger partial charge in [-0.3, -0.25) is 0 Å². The van der Waals surface area contributed by atoms with Crippen LogP contribution in [0.25, 0.3) is 5.76 Å². The minimum atomic E-state index is 0.660. The van der Waals surface area contributed by atoms with E-state index in [2.05, 4.69) is 43.9 Å². The largest absolute Gasteiger partial charge is 0.494 e. The van der Waals surface area contributed by atoms with E-state index in [9.17, 15) is 0 Å². The summed E-state index contributed by atoms with van der Waals surface area (Å²) in [5.41, 5.74) is 3.59. The lowest BCUT2D eigenvalue weighted by Gasteiger charge is -2.13. The smallest absolute Gasteiger partial charge is 0.119 e. The number of nitrogens with one attached hydrogen (secondary N) is 1. The van der Waals surface area contributed by atoms with Crippen LogP contribution in [0.4, 0.5) is 0 Å². The second kappa shape index (κ2) is 6.33. The molecule has 16 heavy (non-hydrogen) atoms. The lowest BCUT2D eigenvalue weighted by atomic mass is 10.0. The van der Waals surface area contributed by atoms with Crippen LogP contribution in [-0.4, -0.2) is 13.2 Å². The maximum absolute atomic E-state index is 5.48. The van der Waals surface area contributed by atoms with Gasteiger partial charge in [0.2, 0.25) is 0 Å². The number of hydrogen-bond donors (Lipinski definition) is 1. The molecule has 0 heterocycles. The quantitative estimate of drug-likeness (QED) is 0.742. The Morgan fingerprint density at radius 2 is 2.12 bits per heavy atom. The van der Waals surface area contributed by atoms with Gasteiger partial charge in [-0.25, -0.2) is 0 Å². The van der Waals surface area contributed by atoms with Gasteiger partial charge < -0.3 is 10.1 Å². The molecule has 0 bridgehead atoms. The van der Waals surface area contributed by atoms with E-state index in [1.54, 1.807) is 0 Å². The fraction of sp³-hybridized carbons (Fsp3) is 0.429. The van der Waals surface area contributed by atoms with Crippen molar-refractivity contribution < 1.29 is 4.74 Å². The number of benzene rings is 1. The summed E-state index contributed by atoms with van der Waals surface area (Å²) in [6.45, 7) is 12.6. The molecule has 0 saturated heterocycles. The molecule has 1 aromatic carbocycles. The third kappa shape index (κ3) is 3.38. The fourth-order valence-corrected chi connectivity index (χ4v) is 1.62. The number of rotatable bonds is 6. The van der Waals surface area contributed by atoms with Crippen molar-refractivity contribution in [1.82, 2.24) is 5.32 Å². The molecule has 2 nitrogen and oxygen atoms in total. The Hall–Kier alpha value is -1.28. The maximum atomic E-state index is 5.48. The fourth-order valence-electron chi connectivity index (χ4n) is 1.62. The van der Waals surface area contributed by atoms with Crippen LogP contribution in [0, 0.1) is 6.92 Å². The van der Waals surface area contributed by atoms with Crippen molar-refractivity contribution in [3.63, 3.8) is 0 Å². The second-order valence-electron chi connectivity index (χ2n) is 3.80. The second-order valence-corrected chi connectivity index (χ2v) is 3.80. The Morgan fingerprint density at radius 3 is 2.75 bits per heavy atom. The standard InChI is InChI=1S/C14H21NO/c1-5-15-10-13-8-7-11(3)9-14(13)12(4)16-6-2/h7-9,15H,4-6,10H2,1-3H3. The number of aryl methyl sites for hydroxylation is 1. The van der Waals surface area contributed by atoms with E-state index in [0.29, 0.717) is 6.61 Å². The molecular formula is C14H21NO. The van der Waals surface area contributed by atoms with Gasteiger partial charge >= 0.3 is 0 Å². The molecule has 0 aliphatic carbocycles. The highest BCUT2D eigenvalue weighted by Gasteiger charge is 2.06. The molecule has 0 amide bonds. The van der Waals surface area contributed by atoms with E-state index in [1.165, 1.54) is 11.1 Å². The van der Waals surface area contributed by atoms with Crippen LogP contribution >= 0.6 is 0 Å². The van der Waals surface area contributed by atoms with Gasteiger partial charge in [-0.05, 0) is 32.0 Å². The Balaban J connectivity index is 2.93. The van der Waals surface area contributed by atoms with Gasteiger partial charge in [-0.15, -0.1) is 0 Å². The first-order valence-electron chi connectivity index (χ1n) is 5.81. The van der Waals surface area contributed by atoms with Crippen molar-refractivity contribution in [1.29, 1.82) is 0 Å². The Morgan fingerprint density at radius 1 is 1.38 bits per heavy atom. The van der Waals surface area contributed by atoms with Gasteiger partial charge in [0.15, 0.2) is 0 Å². The molecule has 0 spiro atoms. The van der Waals surface area contributed by atoms with Crippen LogP contribution in [0.3, 0.4) is 0 Å². The van der Waals surface area contributed by atoms with Crippen molar-refractivity contribution in [2.75, 3.05) is 13.2 Å². The molecule has 0 aromatic heterocycles. The molecule has 1 rings (SSSR count). The molecule has 0 unspecified atom stereocenters. The molecule has 88 valence electrons. The highest BCUT2D eigenvalue weighted by Crippen LogP contribution is 2.20. The monoisotopic (exact) mass is 219 g/mol. The van der Waals surface area contributed by atoms with Crippen LogP contribution in [-0.2, 0) is 11.3 Å². The van der Waals surface area contributed by atoms with E-state index in [-0.39, 0.29) is 0 Å². The van der Waals surface area contributed by atoms with Crippen LogP contribution in [0.5, 0.6) is 0 Å². The first kappa shape index (κ1) is 12.8. The predicted molar refractivity (Wildman–Crippen MR) is 69.2 cm³/mol. The zero-order valence-electron chi connectivity index (χ0n) is 10.5. The minimum Gasteiger partial charge on any atom is -0.494 e. The summed E-state index contributed by atoms with van der Waals surface area (Å²) in [5.74, 6) is 0.763. The first-order valence-corrected chi connectivity index (χ1v) is 5.81. The zero-order chi connectivity index (χ0) is 12.0. The summed E-state index contributed by atoms with van der Waals surface area (Å²) >= 11 is 0. The Labute approximate surface area is 98.3 Å². The van der Waals surface area contributed by atoms with Gasteiger partial charge in [0.05, 0.1) is 6.61 Å². The van der Waals surface area contributed by atoms with Crippen molar-refractivity contribution >= 4 is 5.76 Å². The van der Waals surface area contributed by atoms with E-state index < -0.39 is 0 Å². The average Bonchev–Trinajstić information content (AvgIpc) is 2.27. The lowest BCUT2D eigenvalue weighted by molar-refractivity contribution is 0.298. The summed E-state index contributed by atoms with van der Waals surface area (Å²) < 4.78 is 5.48.